The first kappa shape index (κ1) is 23.0. The monoisotopic (exact) mass is 480 g/mol. The maximum absolute atomic E-state index is 12.3. The van der Waals surface area contributed by atoms with E-state index in [-0.39, 0.29) is 11.7 Å². The van der Waals surface area contributed by atoms with Crippen LogP contribution in [0.4, 0.5) is 5.69 Å². The van der Waals surface area contributed by atoms with Gasteiger partial charge in [0.2, 0.25) is 5.91 Å². The van der Waals surface area contributed by atoms with Crippen LogP contribution in [-0.2, 0) is 23.3 Å². The number of nitrogens with zero attached hydrogens (tertiary/aromatic N) is 3. The van der Waals surface area contributed by atoms with Crippen LogP contribution < -0.4 is 5.32 Å². The SMILES string of the molecule is Cc1ccc(NC(=O)CSc2nnc(CSCc3ccc(Cl)cc3Cl)n2C)c(C)c1. The lowest BCUT2D eigenvalue weighted by Crippen LogP contribution is -2.15. The summed E-state index contributed by atoms with van der Waals surface area (Å²) < 4.78 is 1.92. The Balaban J connectivity index is 1.50. The highest BCUT2D eigenvalue weighted by molar-refractivity contribution is 7.99. The van der Waals surface area contributed by atoms with Gasteiger partial charge in [0, 0.05) is 28.5 Å². The Hall–Kier alpha value is -1.67. The summed E-state index contributed by atoms with van der Waals surface area (Å²) in [5.74, 6) is 2.50. The van der Waals surface area contributed by atoms with Gasteiger partial charge in [0.05, 0.1) is 11.5 Å². The zero-order valence-electron chi connectivity index (χ0n) is 16.9. The highest BCUT2D eigenvalue weighted by atomic mass is 35.5. The second kappa shape index (κ2) is 10.6. The molecule has 5 nitrogen and oxygen atoms in total. The fourth-order valence-electron chi connectivity index (χ4n) is 2.76. The molecule has 1 heterocycles. The molecule has 9 heteroatoms. The van der Waals surface area contributed by atoms with Gasteiger partial charge in [-0.05, 0) is 43.2 Å². The highest BCUT2D eigenvalue weighted by Gasteiger charge is 2.13. The van der Waals surface area contributed by atoms with Gasteiger partial charge in [-0.2, -0.15) is 0 Å². The number of anilines is 1. The van der Waals surface area contributed by atoms with Crippen molar-refractivity contribution in [3.63, 3.8) is 0 Å². The maximum Gasteiger partial charge on any atom is 0.234 e. The van der Waals surface area contributed by atoms with Crippen LogP contribution in [-0.4, -0.2) is 26.4 Å². The Bertz CT molecular complexity index is 1060. The molecule has 0 saturated carbocycles. The number of thioether (sulfide) groups is 2. The van der Waals surface area contributed by atoms with Crippen LogP contribution in [0.2, 0.25) is 10.0 Å². The molecule has 3 aromatic rings. The smallest absolute Gasteiger partial charge is 0.234 e. The molecule has 0 radical (unpaired) electrons. The number of amides is 1. The fraction of sp³-hybridized carbons (Fsp3) is 0.286. The van der Waals surface area contributed by atoms with Gasteiger partial charge < -0.3 is 9.88 Å². The van der Waals surface area contributed by atoms with Gasteiger partial charge in [0.25, 0.3) is 0 Å². The molecule has 158 valence electrons. The minimum atomic E-state index is -0.0664. The molecule has 30 heavy (non-hydrogen) atoms. The van der Waals surface area contributed by atoms with Crippen LogP contribution in [0.3, 0.4) is 0 Å². The topological polar surface area (TPSA) is 59.8 Å². The normalized spacial score (nSPS) is 11.0. The van der Waals surface area contributed by atoms with E-state index in [0.717, 1.165) is 28.4 Å². The van der Waals surface area contributed by atoms with Crippen LogP contribution in [0.1, 0.15) is 22.5 Å². The molecular formula is C21H22Cl2N4OS2. The number of rotatable bonds is 8. The van der Waals surface area contributed by atoms with Gasteiger partial charge in [-0.15, -0.1) is 22.0 Å². The predicted molar refractivity (Wildman–Crippen MR) is 128 cm³/mol. The third-order valence-corrected chi connectivity index (χ3v) is 7.00. The van der Waals surface area contributed by atoms with Crippen LogP contribution in [0.25, 0.3) is 0 Å². The number of nitrogens with one attached hydrogen (secondary N) is 1. The van der Waals surface area contributed by atoms with Crippen LogP contribution >= 0.6 is 46.7 Å². The second-order valence-corrected chi connectivity index (χ2v) is 9.61. The van der Waals surface area contributed by atoms with Gasteiger partial charge in [0.15, 0.2) is 5.16 Å². The lowest BCUT2D eigenvalue weighted by molar-refractivity contribution is -0.113. The maximum atomic E-state index is 12.3. The van der Waals surface area contributed by atoms with E-state index >= 15 is 0 Å². The van der Waals surface area contributed by atoms with Crippen molar-refractivity contribution in [2.45, 2.75) is 30.5 Å². The summed E-state index contributed by atoms with van der Waals surface area (Å²) in [5.41, 5.74) is 4.09. The summed E-state index contributed by atoms with van der Waals surface area (Å²) in [7, 11) is 1.91. The Morgan fingerprint density at radius 2 is 1.90 bits per heavy atom. The summed E-state index contributed by atoms with van der Waals surface area (Å²) in [6.07, 6.45) is 0. The zero-order chi connectivity index (χ0) is 21.7. The standard InChI is InChI=1S/C21H22Cl2N4OS2/c1-13-4-7-18(14(2)8-13)24-20(28)12-30-21-26-25-19(27(21)3)11-29-10-15-5-6-16(22)9-17(15)23/h4-9H,10-12H2,1-3H3,(H,24,28). The zero-order valence-corrected chi connectivity index (χ0v) is 20.1. The third-order valence-electron chi connectivity index (χ3n) is 4.42. The molecule has 0 saturated heterocycles. The van der Waals surface area contributed by atoms with E-state index in [9.17, 15) is 4.79 Å². The van der Waals surface area contributed by atoms with Crippen molar-refractivity contribution in [1.29, 1.82) is 0 Å². The highest BCUT2D eigenvalue weighted by Crippen LogP contribution is 2.26. The van der Waals surface area contributed by atoms with Gasteiger partial charge in [-0.25, -0.2) is 0 Å². The quantitative estimate of drug-likeness (QED) is 0.406. The molecule has 0 aliphatic carbocycles. The van der Waals surface area contributed by atoms with E-state index < -0.39 is 0 Å². The van der Waals surface area contributed by atoms with E-state index in [2.05, 4.69) is 15.5 Å². The number of carbonyl (C=O) groups excluding carboxylic acids is 1. The number of hydrogen-bond acceptors (Lipinski definition) is 5. The van der Waals surface area contributed by atoms with Gasteiger partial charge in [-0.3, -0.25) is 4.79 Å². The Morgan fingerprint density at radius 1 is 1.10 bits per heavy atom. The first-order chi connectivity index (χ1) is 14.3. The summed E-state index contributed by atoms with van der Waals surface area (Å²) in [6.45, 7) is 4.02. The first-order valence-corrected chi connectivity index (χ1v) is 12.1. The molecule has 0 fully saturated rings. The van der Waals surface area contributed by atoms with Crippen molar-refractivity contribution in [3.05, 3.63) is 69.0 Å². The van der Waals surface area contributed by atoms with Crippen molar-refractivity contribution >= 4 is 58.3 Å². The number of carbonyl (C=O) groups is 1. The summed E-state index contributed by atoms with van der Waals surface area (Å²) in [4.78, 5) is 12.3. The van der Waals surface area contributed by atoms with E-state index in [4.69, 9.17) is 23.2 Å². The van der Waals surface area contributed by atoms with Gasteiger partial charge in [-0.1, -0.05) is 58.7 Å². The van der Waals surface area contributed by atoms with Crippen LogP contribution in [0.15, 0.2) is 41.6 Å². The number of aryl methyl sites for hydroxylation is 2. The largest absolute Gasteiger partial charge is 0.325 e. The van der Waals surface area contributed by atoms with Crippen molar-refractivity contribution < 1.29 is 4.79 Å². The number of aromatic nitrogens is 3. The number of halogens is 2. The van der Waals surface area contributed by atoms with E-state index in [1.54, 1.807) is 17.8 Å². The molecule has 0 bridgehead atoms. The Morgan fingerprint density at radius 3 is 2.63 bits per heavy atom. The third kappa shape index (κ3) is 6.17. The van der Waals surface area contributed by atoms with Gasteiger partial charge >= 0.3 is 0 Å². The number of benzene rings is 2. The Labute approximate surface area is 194 Å². The average molecular weight is 481 g/mol. The molecule has 0 aliphatic heterocycles. The molecule has 1 amide bonds. The molecule has 1 N–H and O–H groups in total. The lowest BCUT2D eigenvalue weighted by Gasteiger charge is -2.09. The van der Waals surface area contributed by atoms with E-state index in [1.807, 2.05) is 55.8 Å². The van der Waals surface area contributed by atoms with Crippen molar-refractivity contribution in [1.82, 2.24) is 14.8 Å². The van der Waals surface area contributed by atoms with Crippen molar-refractivity contribution in [2.75, 3.05) is 11.1 Å². The molecule has 0 unspecified atom stereocenters. The average Bonchev–Trinajstić information content (AvgIpc) is 3.04. The molecule has 2 aromatic carbocycles. The number of hydrogen-bond donors (Lipinski definition) is 1. The second-order valence-electron chi connectivity index (χ2n) is 6.84. The van der Waals surface area contributed by atoms with Crippen molar-refractivity contribution in [2.24, 2.45) is 7.05 Å². The molecule has 0 aliphatic rings. The lowest BCUT2D eigenvalue weighted by atomic mass is 10.1. The van der Waals surface area contributed by atoms with E-state index in [1.165, 1.54) is 17.3 Å². The van der Waals surface area contributed by atoms with Gasteiger partial charge in [0.1, 0.15) is 5.82 Å². The first-order valence-electron chi connectivity index (χ1n) is 9.23. The van der Waals surface area contributed by atoms with Crippen LogP contribution in [0.5, 0.6) is 0 Å². The molecule has 3 rings (SSSR count). The fourth-order valence-corrected chi connectivity index (χ4v) is 5.05. The minimum absolute atomic E-state index is 0.0664. The summed E-state index contributed by atoms with van der Waals surface area (Å²) in [5, 5.41) is 13.4. The molecule has 0 spiro atoms. The summed E-state index contributed by atoms with van der Waals surface area (Å²) >= 11 is 15.2. The minimum Gasteiger partial charge on any atom is -0.325 e. The molecule has 1 aromatic heterocycles. The molecular weight excluding hydrogens is 459 g/mol. The summed E-state index contributed by atoms with van der Waals surface area (Å²) in [6, 6.07) is 11.5. The molecule has 0 atom stereocenters. The van der Waals surface area contributed by atoms with Crippen LogP contribution in [0, 0.1) is 13.8 Å². The Kier molecular flexibility index (Phi) is 8.11. The predicted octanol–water partition coefficient (Wildman–Crippen LogP) is 5.90. The van der Waals surface area contributed by atoms with E-state index in [0.29, 0.717) is 21.0 Å². The van der Waals surface area contributed by atoms with Crippen molar-refractivity contribution in [3.8, 4) is 0 Å².